The Hall–Kier alpha value is -1.12. The van der Waals surface area contributed by atoms with Crippen molar-refractivity contribution in [3.05, 3.63) is 28.9 Å². The molecule has 66 valence electrons. The normalized spacial score (nSPS) is 10.6. The van der Waals surface area contributed by atoms with Crippen LogP contribution in [0.3, 0.4) is 0 Å². The maximum atomic E-state index is 11.2. The highest BCUT2D eigenvalue weighted by Gasteiger charge is 1.96. The van der Waals surface area contributed by atoms with Crippen molar-refractivity contribution in [3.8, 4) is 0 Å². The van der Waals surface area contributed by atoms with Crippen molar-refractivity contribution in [2.75, 3.05) is 0 Å². The van der Waals surface area contributed by atoms with Gasteiger partial charge in [-0.2, -0.15) is 0 Å². The van der Waals surface area contributed by atoms with Crippen molar-refractivity contribution < 1.29 is 0 Å². The van der Waals surface area contributed by atoms with E-state index in [4.69, 9.17) is 0 Å². The van der Waals surface area contributed by atoms with Gasteiger partial charge in [-0.05, 0) is 12.3 Å². The molecule has 0 unspecified atom stereocenters. The van der Waals surface area contributed by atoms with E-state index in [-0.39, 0.29) is 5.56 Å². The van der Waals surface area contributed by atoms with Gasteiger partial charge in [0.1, 0.15) is 0 Å². The molecule has 0 amide bonds. The molecular weight excluding hydrogens is 152 g/mol. The monoisotopic (exact) mass is 166 g/mol. The summed E-state index contributed by atoms with van der Waals surface area (Å²) in [4.78, 5) is 15.0. The Labute approximate surface area is 72.1 Å². The van der Waals surface area contributed by atoms with Gasteiger partial charge in [0.2, 0.25) is 0 Å². The maximum Gasteiger partial charge on any atom is 0.253 e. The van der Waals surface area contributed by atoms with Crippen LogP contribution in [-0.2, 0) is 6.54 Å². The van der Waals surface area contributed by atoms with E-state index in [2.05, 4.69) is 18.8 Å². The molecule has 1 rings (SSSR count). The van der Waals surface area contributed by atoms with E-state index in [0.29, 0.717) is 5.92 Å². The van der Waals surface area contributed by atoms with Crippen LogP contribution in [-0.4, -0.2) is 9.55 Å². The molecule has 0 N–H and O–H groups in total. The highest BCUT2D eigenvalue weighted by atomic mass is 16.1. The molecule has 1 aromatic rings. The molecule has 0 saturated heterocycles. The molecule has 3 heteroatoms. The lowest BCUT2D eigenvalue weighted by atomic mass is 10.1. The third-order valence-electron chi connectivity index (χ3n) is 1.74. The van der Waals surface area contributed by atoms with Gasteiger partial charge < -0.3 is 0 Å². The lowest BCUT2D eigenvalue weighted by Gasteiger charge is -2.05. The topological polar surface area (TPSA) is 34.9 Å². The average molecular weight is 166 g/mol. The molecular formula is C9H14N2O. The van der Waals surface area contributed by atoms with Crippen molar-refractivity contribution >= 4 is 0 Å². The van der Waals surface area contributed by atoms with E-state index in [1.54, 1.807) is 10.9 Å². The molecule has 0 aliphatic heterocycles. The van der Waals surface area contributed by atoms with Crippen LogP contribution >= 0.6 is 0 Å². The predicted molar refractivity (Wildman–Crippen MR) is 48.0 cm³/mol. The van der Waals surface area contributed by atoms with Crippen LogP contribution in [0.4, 0.5) is 0 Å². The standard InChI is InChI=1S/C9H14N2O/c1-8(2)4-6-11-7-10-5-3-9(11)12/h3,5,7-8H,4,6H2,1-2H3. The second kappa shape index (κ2) is 4.04. The minimum Gasteiger partial charge on any atom is -0.299 e. The summed E-state index contributed by atoms with van der Waals surface area (Å²) in [6, 6.07) is 1.49. The van der Waals surface area contributed by atoms with Gasteiger partial charge in [0.15, 0.2) is 0 Å². The molecule has 0 aliphatic rings. The molecule has 3 nitrogen and oxygen atoms in total. The van der Waals surface area contributed by atoms with Crippen LogP contribution in [0.5, 0.6) is 0 Å². The first-order valence-electron chi connectivity index (χ1n) is 4.20. The molecule has 0 aromatic carbocycles. The number of aromatic nitrogens is 2. The van der Waals surface area contributed by atoms with Crippen LogP contribution in [0.2, 0.25) is 0 Å². The molecule has 0 spiro atoms. The first kappa shape index (κ1) is 8.97. The lowest BCUT2D eigenvalue weighted by molar-refractivity contribution is 0.504. The number of hydrogen-bond acceptors (Lipinski definition) is 2. The maximum absolute atomic E-state index is 11.2. The zero-order valence-electron chi connectivity index (χ0n) is 7.53. The fourth-order valence-corrected chi connectivity index (χ4v) is 0.944. The summed E-state index contributed by atoms with van der Waals surface area (Å²) >= 11 is 0. The van der Waals surface area contributed by atoms with Crippen molar-refractivity contribution in [2.24, 2.45) is 5.92 Å². The van der Waals surface area contributed by atoms with Gasteiger partial charge in [-0.3, -0.25) is 9.36 Å². The van der Waals surface area contributed by atoms with Crippen LogP contribution in [0, 0.1) is 5.92 Å². The molecule has 0 fully saturated rings. The highest BCUT2D eigenvalue weighted by Crippen LogP contribution is 1.99. The van der Waals surface area contributed by atoms with Crippen LogP contribution in [0.25, 0.3) is 0 Å². The zero-order valence-corrected chi connectivity index (χ0v) is 7.53. The predicted octanol–water partition coefficient (Wildman–Crippen LogP) is 1.29. The molecule has 1 heterocycles. The lowest BCUT2D eigenvalue weighted by Crippen LogP contribution is -2.19. The summed E-state index contributed by atoms with van der Waals surface area (Å²) in [6.45, 7) is 5.05. The molecule has 0 atom stereocenters. The second-order valence-electron chi connectivity index (χ2n) is 3.29. The average Bonchev–Trinajstić information content (AvgIpc) is 2.03. The van der Waals surface area contributed by atoms with Crippen molar-refractivity contribution in [2.45, 2.75) is 26.8 Å². The largest absolute Gasteiger partial charge is 0.299 e. The minimum atomic E-state index is 0.0330. The SMILES string of the molecule is CC(C)CCn1cnccc1=O. The summed E-state index contributed by atoms with van der Waals surface area (Å²) in [7, 11) is 0. The van der Waals surface area contributed by atoms with Gasteiger partial charge >= 0.3 is 0 Å². The Morgan fingerprint density at radius 1 is 1.58 bits per heavy atom. The highest BCUT2D eigenvalue weighted by molar-refractivity contribution is 4.81. The molecule has 12 heavy (non-hydrogen) atoms. The Kier molecular flexibility index (Phi) is 3.02. The van der Waals surface area contributed by atoms with Gasteiger partial charge in [-0.15, -0.1) is 0 Å². The Morgan fingerprint density at radius 3 is 2.92 bits per heavy atom. The van der Waals surface area contributed by atoms with E-state index in [1.165, 1.54) is 12.3 Å². The first-order valence-corrected chi connectivity index (χ1v) is 4.20. The molecule has 0 bridgehead atoms. The van der Waals surface area contributed by atoms with Crippen molar-refractivity contribution in [1.29, 1.82) is 0 Å². The molecule has 0 radical (unpaired) electrons. The molecule has 0 aliphatic carbocycles. The Balaban J connectivity index is 2.64. The number of aryl methyl sites for hydroxylation is 1. The molecule has 1 aromatic heterocycles. The smallest absolute Gasteiger partial charge is 0.253 e. The molecule has 0 saturated carbocycles. The fraction of sp³-hybridized carbons (Fsp3) is 0.556. The van der Waals surface area contributed by atoms with Gasteiger partial charge in [0.05, 0.1) is 6.33 Å². The number of hydrogen-bond donors (Lipinski definition) is 0. The van der Waals surface area contributed by atoms with Crippen LogP contribution in [0.15, 0.2) is 23.4 Å². The number of rotatable bonds is 3. The fourth-order valence-electron chi connectivity index (χ4n) is 0.944. The first-order chi connectivity index (χ1) is 5.70. The van der Waals surface area contributed by atoms with Crippen molar-refractivity contribution in [1.82, 2.24) is 9.55 Å². The third kappa shape index (κ3) is 2.49. The minimum absolute atomic E-state index is 0.0330. The van der Waals surface area contributed by atoms with E-state index in [1.807, 2.05) is 0 Å². The van der Waals surface area contributed by atoms with Gasteiger partial charge in [0, 0.05) is 18.8 Å². The quantitative estimate of drug-likeness (QED) is 0.678. The van der Waals surface area contributed by atoms with E-state index in [0.717, 1.165) is 13.0 Å². The summed E-state index contributed by atoms with van der Waals surface area (Å²) in [5.41, 5.74) is 0.0330. The van der Waals surface area contributed by atoms with E-state index < -0.39 is 0 Å². The second-order valence-corrected chi connectivity index (χ2v) is 3.29. The Bertz CT molecular complexity index is 291. The Morgan fingerprint density at radius 2 is 2.33 bits per heavy atom. The van der Waals surface area contributed by atoms with Gasteiger partial charge in [-0.25, -0.2) is 4.98 Å². The summed E-state index contributed by atoms with van der Waals surface area (Å²) in [5, 5.41) is 0. The van der Waals surface area contributed by atoms with E-state index >= 15 is 0 Å². The van der Waals surface area contributed by atoms with Crippen LogP contribution in [0.1, 0.15) is 20.3 Å². The zero-order chi connectivity index (χ0) is 8.97. The van der Waals surface area contributed by atoms with E-state index in [9.17, 15) is 4.79 Å². The van der Waals surface area contributed by atoms with Gasteiger partial charge in [-0.1, -0.05) is 13.8 Å². The summed E-state index contributed by atoms with van der Waals surface area (Å²) in [6.07, 6.45) is 4.13. The number of nitrogens with zero attached hydrogens (tertiary/aromatic N) is 2. The summed E-state index contributed by atoms with van der Waals surface area (Å²) in [5.74, 6) is 0.622. The van der Waals surface area contributed by atoms with Gasteiger partial charge in [0.25, 0.3) is 5.56 Å². The summed E-state index contributed by atoms with van der Waals surface area (Å²) < 4.78 is 1.64. The van der Waals surface area contributed by atoms with Crippen molar-refractivity contribution in [3.63, 3.8) is 0 Å². The third-order valence-corrected chi connectivity index (χ3v) is 1.74. The van der Waals surface area contributed by atoms with Crippen LogP contribution < -0.4 is 5.56 Å².